The minimum absolute atomic E-state index is 0. The summed E-state index contributed by atoms with van der Waals surface area (Å²) in [5.41, 5.74) is 0. The largest absolute Gasteiger partial charge is 0.320 e. The van der Waals surface area contributed by atoms with E-state index < -0.39 is 0 Å². The second kappa shape index (κ2) is 33.3. The first-order valence-corrected chi connectivity index (χ1v) is 9.12. The average molecular weight is 404 g/mol. The second-order valence-corrected chi connectivity index (χ2v) is 5.74. The van der Waals surface area contributed by atoms with Crippen molar-refractivity contribution in [3.63, 3.8) is 0 Å². The summed E-state index contributed by atoms with van der Waals surface area (Å²) in [6, 6.07) is 0. The smallest absolute Gasteiger partial charge is 0.00519 e. The number of hydrogen-bond acceptors (Lipinski definition) is 2. The Labute approximate surface area is 158 Å². The molecule has 0 aliphatic heterocycles. The van der Waals surface area contributed by atoms with E-state index >= 15 is 0 Å². The van der Waals surface area contributed by atoms with Crippen LogP contribution in [-0.2, 0) is 0 Å². The number of hydrogen-bond donors (Lipinski definition) is 2. The van der Waals surface area contributed by atoms with Crippen molar-refractivity contribution in [1.82, 2.24) is 10.6 Å². The minimum atomic E-state index is 0. The van der Waals surface area contributed by atoms with Crippen LogP contribution in [0.4, 0.5) is 0 Å². The zero-order chi connectivity index (χ0) is 15.3. The lowest BCUT2D eigenvalue weighted by Crippen LogP contribution is -2.06. The van der Waals surface area contributed by atoms with Gasteiger partial charge in [-0.2, -0.15) is 0 Å². The Morgan fingerprint density at radius 2 is 0.773 bits per heavy atom. The maximum atomic E-state index is 3.16. The van der Waals surface area contributed by atoms with Gasteiger partial charge in [-0.3, -0.25) is 0 Å². The van der Waals surface area contributed by atoms with Gasteiger partial charge in [0.2, 0.25) is 0 Å². The van der Waals surface area contributed by atoms with Crippen molar-refractivity contribution in [2.24, 2.45) is 0 Å². The lowest BCUT2D eigenvalue weighted by atomic mass is 10.1. The molecule has 0 bridgehead atoms. The third-order valence-electron chi connectivity index (χ3n) is 3.56. The van der Waals surface area contributed by atoms with E-state index in [1.807, 2.05) is 14.1 Å². The molecule has 0 aromatic rings. The molecule has 0 aromatic carbocycles. The molecule has 0 heterocycles. The first-order valence-electron chi connectivity index (χ1n) is 9.12. The van der Waals surface area contributed by atoms with Crippen LogP contribution in [0.2, 0.25) is 0 Å². The summed E-state index contributed by atoms with van der Waals surface area (Å²) < 4.78 is 0. The van der Waals surface area contributed by atoms with Gasteiger partial charge in [0.25, 0.3) is 0 Å². The molecule has 4 heteroatoms. The molecule has 22 heavy (non-hydrogen) atoms. The summed E-state index contributed by atoms with van der Waals surface area (Å²) in [7, 11) is 4.04. The quantitative estimate of drug-likeness (QED) is 0.341. The van der Waals surface area contributed by atoms with Gasteiger partial charge in [0.05, 0.1) is 0 Å². The summed E-state index contributed by atoms with van der Waals surface area (Å²) >= 11 is 0. The molecule has 0 spiro atoms. The topological polar surface area (TPSA) is 24.1 Å². The molecule has 0 saturated heterocycles. The number of nitrogens with one attached hydrogen (secondary N) is 2. The highest BCUT2D eigenvalue weighted by Crippen LogP contribution is 2.04. The van der Waals surface area contributed by atoms with Crippen LogP contribution in [0.15, 0.2) is 0 Å². The third-order valence-corrected chi connectivity index (χ3v) is 3.56. The lowest BCUT2D eigenvalue weighted by Gasteiger charge is -1.98. The zero-order valence-corrected chi connectivity index (χ0v) is 18.2. The Bertz CT molecular complexity index is 117. The van der Waals surface area contributed by atoms with E-state index in [1.54, 1.807) is 0 Å². The van der Waals surface area contributed by atoms with Gasteiger partial charge in [0, 0.05) is 0 Å². The molecule has 0 radical (unpaired) electrons. The maximum Gasteiger partial charge on any atom is -0.00519 e. The molecule has 2 nitrogen and oxygen atoms in total. The Balaban J connectivity index is -0.000000135. The molecule has 0 aliphatic carbocycles. The van der Waals surface area contributed by atoms with Crippen molar-refractivity contribution in [3.05, 3.63) is 0 Å². The fourth-order valence-corrected chi connectivity index (χ4v) is 2.16. The molecule has 0 fully saturated rings. The lowest BCUT2D eigenvalue weighted by molar-refractivity contribution is 0.592. The van der Waals surface area contributed by atoms with Gasteiger partial charge in [-0.1, -0.05) is 78.1 Å². The minimum Gasteiger partial charge on any atom is -0.320 e. The molecular weight excluding hydrogens is 360 g/mol. The predicted molar refractivity (Wildman–Crippen MR) is 112 cm³/mol. The SMILES string of the molecule is Br.CCCCCCCCNC.CCCCCCCCNC.Cl. The van der Waals surface area contributed by atoms with E-state index in [1.165, 1.54) is 90.1 Å². The van der Waals surface area contributed by atoms with Gasteiger partial charge in [0.1, 0.15) is 0 Å². The second-order valence-electron chi connectivity index (χ2n) is 5.74. The van der Waals surface area contributed by atoms with E-state index in [0.29, 0.717) is 0 Å². The van der Waals surface area contributed by atoms with Crippen LogP contribution in [0.1, 0.15) is 90.9 Å². The van der Waals surface area contributed by atoms with Crippen LogP contribution < -0.4 is 10.6 Å². The van der Waals surface area contributed by atoms with Gasteiger partial charge >= 0.3 is 0 Å². The molecule has 2 N–H and O–H groups in total. The molecule has 0 aromatic heterocycles. The Morgan fingerprint density at radius 1 is 0.500 bits per heavy atom. The van der Waals surface area contributed by atoms with Crippen molar-refractivity contribution in [3.8, 4) is 0 Å². The summed E-state index contributed by atoms with van der Waals surface area (Å²) in [5.74, 6) is 0. The highest BCUT2D eigenvalue weighted by Gasteiger charge is 1.88. The van der Waals surface area contributed by atoms with Gasteiger partial charge in [-0.25, -0.2) is 0 Å². The summed E-state index contributed by atoms with van der Waals surface area (Å²) in [6.07, 6.45) is 16.8. The summed E-state index contributed by atoms with van der Waals surface area (Å²) in [6.45, 7) is 6.89. The molecule has 0 amide bonds. The summed E-state index contributed by atoms with van der Waals surface area (Å²) in [5, 5.41) is 6.32. The average Bonchev–Trinajstić information content (AvgIpc) is 2.47. The van der Waals surface area contributed by atoms with E-state index in [9.17, 15) is 0 Å². The predicted octanol–water partition coefficient (Wildman–Crippen LogP) is 6.13. The molecule has 0 saturated carbocycles. The maximum absolute atomic E-state index is 3.16. The van der Waals surface area contributed by atoms with Crippen LogP contribution in [0, 0.1) is 0 Å². The van der Waals surface area contributed by atoms with E-state index in [2.05, 4.69) is 24.5 Å². The van der Waals surface area contributed by atoms with Crippen LogP contribution in [0.3, 0.4) is 0 Å². The van der Waals surface area contributed by atoms with Crippen molar-refractivity contribution < 1.29 is 0 Å². The van der Waals surface area contributed by atoms with Crippen LogP contribution in [0.5, 0.6) is 0 Å². The Kier molecular flexibility index (Phi) is 46.3. The van der Waals surface area contributed by atoms with Crippen molar-refractivity contribution in [2.75, 3.05) is 27.2 Å². The van der Waals surface area contributed by atoms with Crippen molar-refractivity contribution in [1.29, 1.82) is 0 Å². The Morgan fingerprint density at radius 3 is 1.05 bits per heavy atom. The molecule has 0 atom stereocenters. The van der Waals surface area contributed by atoms with Gasteiger partial charge in [-0.05, 0) is 40.0 Å². The highest BCUT2D eigenvalue weighted by molar-refractivity contribution is 8.93. The van der Waals surface area contributed by atoms with E-state index in [0.717, 1.165) is 0 Å². The number of halogens is 2. The monoisotopic (exact) mass is 402 g/mol. The van der Waals surface area contributed by atoms with E-state index in [-0.39, 0.29) is 29.4 Å². The Hall–Kier alpha value is 0.690. The van der Waals surface area contributed by atoms with Crippen molar-refractivity contribution >= 4 is 29.4 Å². The first-order chi connectivity index (χ1) is 9.83. The molecule has 0 unspecified atom stereocenters. The van der Waals surface area contributed by atoms with Crippen molar-refractivity contribution in [2.45, 2.75) is 90.9 Å². The van der Waals surface area contributed by atoms with E-state index in [4.69, 9.17) is 0 Å². The number of rotatable bonds is 14. The van der Waals surface area contributed by atoms with Gasteiger partial charge in [-0.15, -0.1) is 29.4 Å². The molecule has 140 valence electrons. The highest BCUT2D eigenvalue weighted by atomic mass is 79.9. The standard InChI is InChI=1S/2C9H21N.BrH.ClH/c2*1-3-4-5-6-7-8-9-10-2;;/h2*10H,3-9H2,1-2H3;2*1H. The zero-order valence-electron chi connectivity index (χ0n) is 15.7. The van der Waals surface area contributed by atoms with Crippen LogP contribution in [0.25, 0.3) is 0 Å². The number of unbranched alkanes of at least 4 members (excludes halogenated alkanes) is 10. The third kappa shape index (κ3) is 37.2. The fourth-order valence-electron chi connectivity index (χ4n) is 2.16. The molecule has 0 aliphatic rings. The van der Waals surface area contributed by atoms with Crippen LogP contribution in [-0.4, -0.2) is 27.2 Å². The summed E-state index contributed by atoms with van der Waals surface area (Å²) in [4.78, 5) is 0. The first kappa shape index (κ1) is 30.6. The van der Waals surface area contributed by atoms with Gasteiger partial charge < -0.3 is 10.6 Å². The molecule has 0 rings (SSSR count). The fraction of sp³-hybridized carbons (Fsp3) is 1.00. The normalized spacial score (nSPS) is 9.27. The molecular formula is C18H44BrClN2. The van der Waals surface area contributed by atoms with Crippen LogP contribution >= 0.6 is 29.4 Å². The van der Waals surface area contributed by atoms with Gasteiger partial charge in [0.15, 0.2) is 0 Å².